The van der Waals surface area contributed by atoms with Crippen LogP contribution in [0.2, 0.25) is 0 Å². The largest absolute Gasteiger partial charge is 0.273 e. The Labute approximate surface area is 148 Å². The van der Waals surface area contributed by atoms with Gasteiger partial charge in [0.15, 0.2) is 0 Å². The van der Waals surface area contributed by atoms with Gasteiger partial charge in [-0.2, -0.15) is 35.9 Å². The molecule has 0 aromatic heterocycles. The van der Waals surface area contributed by atoms with E-state index < -0.39 is 0 Å². The van der Waals surface area contributed by atoms with Crippen LogP contribution < -0.4 is 0 Å². The molecule has 0 aliphatic heterocycles. The standard InChI is InChI=1S/C13H9.C5H5.C3H6.Hf/c1-3-7-12-10(5-1)9-11-6-2-4-8-13(11)12;1-2-4-5-3-1;1-3-2;/h1-5,7-8H,9H2;1-3H,4H2;1-2H3;/q2*-1;;+2. The van der Waals surface area contributed by atoms with Gasteiger partial charge in [-0.15, -0.1) is 12.0 Å². The van der Waals surface area contributed by atoms with Crippen LogP contribution >= 0.6 is 0 Å². The molecule has 0 fully saturated rings. The van der Waals surface area contributed by atoms with Gasteiger partial charge in [0.05, 0.1) is 0 Å². The zero-order valence-corrected chi connectivity index (χ0v) is 16.8. The molecule has 0 saturated carbocycles. The molecule has 22 heavy (non-hydrogen) atoms. The van der Waals surface area contributed by atoms with Crippen molar-refractivity contribution in [2.75, 3.05) is 0 Å². The first-order valence-corrected chi connectivity index (χ1v) is 9.29. The summed E-state index contributed by atoms with van der Waals surface area (Å²) in [5, 5.41) is 0. The summed E-state index contributed by atoms with van der Waals surface area (Å²) in [6, 6.07) is 18.1. The minimum atomic E-state index is 1.01. The van der Waals surface area contributed by atoms with Gasteiger partial charge in [-0.3, -0.25) is 6.08 Å². The minimum Gasteiger partial charge on any atom is -0.273 e. The Hall–Kier alpha value is -1.34. The maximum absolute atomic E-state index is 3.30. The molecule has 0 bridgehead atoms. The molecule has 1 heteroatoms. The predicted molar refractivity (Wildman–Crippen MR) is 91.4 cm³/mol. The molecule has 0 heterocycles. The van der Waals surface area contributed by atoms with Crippen molar-refractivity contribution in [2.24, 2.45) is 0 Å². The van der Waals surface area contributed by atoms with Gasteiger partial charge in [-0.1, -0.05) is 35.4 Å². The number of hydrogen-bond acceptors (Lipinski definition) is 0. The van der Waals surface area contributed by atoms with Crippen LogP contribution in [0.5, 0.6) is 0 Å². The summed E-state index contributed by atoms with van der Waals surface area (Å²) in [6.45, 7) is 4.29. The zero-order chi connectivity index (χ0) is 15.8. The molecule has 2 aliphatic carbocycles. The van der Waals surface area contributed by atoms with Crippen molar-refractivity contribution in [3.05, 3.63) is 84.0 Å². The average Bonchev–Trinajstić information content (AvgIpc) is 3.18. The molecule has 108 valence electrons. The molecule has 0 radical (unpaired) electrons. The van der Waals surface area contributed by atoms with Gasteiger partial charge >= 0.3 is 41.0 Å². The van der Waals surface area contributed by atoms with Gasteiger partial charge in [0, 0.05) is 0 Å². The van der Waals surface area contributed by atoms with Crippen LogP contribution in [0.25, 0.3) is 11.1 Å². The number of hydrogen-bond donors (Lipinski definition) is 0. The molecular formula is C21H20Hf. The fourth-order valence-electron chi connectivity index (χ4n) is 2.34. The molecule has 0 nitrogen and oxygen atoms in total. The summed E-state index contributed by atoms with van der Waals surface area (Å²) >= 11 is 1.27. The summed E-state index contributed by atoms with van der Waals surface area (Å²) in [5.74, 6) is 0. The van der Waals surface area contributed by atoms with E-state index >= 15 is 0 Å². The molecule has 0 atom stereocenters. The van der Waals surface area contributed by atoms with Gasteiger partial charge < -0.3 is 0 Å². The maximum Gasteiger partial charge on any atom is -0.0253 e. The van der Waals surface area contributed by atoms with Crippen molar-refractivity contribution in [1.82, 2.24) is 0 Å². The second kappa shape index (κ2) is 8.95. The van der Waals surface area contributed by atoms with Crippen molar-refractivity contribution >= 4 is 3.26 Å². The van der Waals surface area contributed by atoms with Crippen molar-refractivity contribution < 1.29 is 23.9 Å². The van der Waals surface area contributed by atoms with Crippen LogP contribution in [0.15, 0.2) is 60.7 Å². The Morgan fingerprint density at radius 2 is 1.77 bits per heavy atom. The zero-order valence-electron chi connectivity index (χ0n) is 13.2. The predicted octanol–water partition coefficient (Wildman–Crippen LogP) is 5.11. The van der Waals surface area contributed by atoms with Gasteiger partial charge in [0.2, 0.25) is 0 Å². The molecule has 4 rings (SSSR count). The van der Waals surface area contributed by atoms with Gasteiger partial charge in [0.25, 0.3) is 0 Å². The van der Waals surface area contributed by atoms with E-state index in [1.165, 1.54) is 46.1 Å². The van der Waals surface area contributed by atoms with Crippen LogP contribution in [0.1, 0.15) is 31.4 Å². The quantitative estimate of drug-likeness (QED) is 0.330. The molecule has 0 spiro atoms. The first-order chi connectivity index (χ1) is 10.7. The topological polar surface area (TPSA) is 0 Å². The second-order valence-electron chi connectivity index (χ2n) is 5.40. The fraction of sp³-hybridized carbons (Fsp3) is 0.190. The van der Waals surface area contributed by atoms with Crippen molar-refractivity contribution in [3.63, 3.8) is 0 Å². The normalized spacial score (nSPS) is 12.5. The Balaban J connectivity index is 0.000000163. The van der Waals surface area contributed by atoms with Crippen molar-refractivity contribution in [2.45, 2.75) is 26.7 Å². The summed E-state index contributed by atoms with van der Waals surface area (Å²) < 4.78 is 1.56. The van der Waals surface area contributed by atoms with Crippen LogP contribution in [0.3, 0.4) is 0 Å². The van der Waals surface area contributed by atoms with Gasteiger partial charge in [-0.25, -0.2) is 12.2 Å². The van der Waals surface area contributed by atoms with Crippen LogP contribution in [-0.4, -0.2) is 3.26 Å². The van der Waals surface area contributed by atoms with E-state index in [0.29, 0.717) is 0 Å². The molecule has 2 aromatic rings. The molecule has 2 aliphatic rings. The van der Waals surface area contributed by atoms with E-state index in [1.54, 1.807) is 3.26 Å². The number of fused-ring (bicyclic) bond motifs is 3. The number of benzene rings is 2. The first-order valence-electron chi connectivity index (χ1n) is 7.50. The Morgan fingerprint density at radius 3 is 2.41 bits per heavy atom. The van der Waals surface area contributed by atoms with E-state index in [-0.39, 0.29) is 0 Å². The third-order valence-corrected chi connectivity index (χ3v) is 3.20. The molecule has 0 saturated heterocycles. The Morgan fingerprint density at radius 1 is 1.05 bits per heavy atom. The smallest absolute Gasteiger partial charge is 0.0253 e. The van der Waals surface area contributed by atoms with E-state index in [4.69, 9.17) is 0 Å². The second-order valence-corrected chi connectivity index (χ2v) is 8.99. The Kier molecular flexibility index (Phi) is 6.92. The summed E-state index contributed by atoms with van der Waals surface area (Å²) in [4.78, 5) is 0. The van der Waals surface area contributed by atoms with E-state index in [1.807, 2.05) is 18.2 Å². The monoisotopic (exact) mass is 452 g/mol. The maximum atomic E-state index is 3.30. The number of allylic oxidation sites excluding steroid dienone is 4. The fourth-order valence-corrected chi connectivity index (χ4v) is 2.34. The summed E-state index contributed by atoms with van der Waals surface area (Å²) in [7, 11) is 0. The molecular weight excluding hydrogens is 431 g/mol. The van der Waals surface area contributed by atoms with Crippen LogP contribution in [0.4, 0.5) is 0 Å². The molecule has 0 amide bonds. The number of rotatable bonds is 0. The Bertz CT molecular complexity index is 635. The van der Waals surface area contributed by atoms with Crippen molar-refractivity contribution in [3.8, 4) is 11.1 Å². The van der Waals surface area contributed by atoms with Crippen molar-refractivity contribution in [1.29, 1.82) is 0 Å². The average molecular weight is 451 g/mol. The first kappa shape index (κ1) is 17.0. The van der Waals surface area contributed by atoms with E-state index in [0.717, 1.165) is 12.8 Å². The van der Waals surface area contributed by atoms with Gasteiger partial charge in [-0.05, 0) is 6.42 Å². The molecule has 0 N–H and O–H groups in total. The third kappa shape index (κ3) is 5.14. The van der Waals surface area contributed by atoms with Gasteiger partial charge in [0.1, 0.15) is 0 Å². The van der Waals surface area contributed by atoms with E-state index in [2.05, 4.69) is 68.5 Å². The summed E-state index contributed by atoms with van der Waals surface area (Å²) in [6.07, 6.45) is 11.0. The van der Waals surface area contributed by atoms with E-state index in [9.17, 15) is 0 Å². The third-order valence-electron chi connectivity index (χ3n) is 3.20. The van der Waals surface area contributed by atoms with Crippen LogP contribution in [0, 0.1) is 12.1 Å². The van der Waals surface area contributed by atoms with Crippen LogP contribution in [-0.2, 0) is 30.3 Å². The molecule has 0 unspecified atom stereocenters. The SMILES string of the molecule is C[C](C)=[Hf+2].[C-]1=CC=CC1.[c-]1cccc2c1Cc1ccccc1-2. The minimum absolute atomic E-state index is 1.01. The molecule has 2 aromatic carbocycles. The summed E-state index contributed by atoms with van der Waals surface area (Å²) in [5.41, 5.74) is 5.51.